The van der Waals surface area contributed by atoms with Crippen molar-refractivity contribution in [2.75, 3.05) is 6.54 Å². The lowest BCUT2D eigenvalue weighted by molar-refractivity contribution is -0.129. The summed E-state index contributed by atoms with van der Waals surface area (Å²) in [7, 11) is 0. The van der Waals surface area contributed by atoms with Crippen LogP contribution < -0.4 is 5.32 Å². The number of amides is 1. The van der Waals surface area contributed by atoms with Gasteiger partial charge in [-0.05, 0) is 11.5 Å². The van der Waals surface area contributed by atoms with Crippen molar-refractivity contribution in [2.24, 2.45) is 5.92 Å². The van der Waals surface area contributed by atoms with E-state index >= 15 is 0 Å². The minimum atomic E-state index is -1.06. The first kappa shape index (κ1) is 11.7. The third-order valence-corrected chi connectivity index (χ3v) is 2.05. The van der Waals surface area contributed by atoms with Gasteiger partial charge in [0.05, 0.1) is 0 Å². The number of benzene rings is 1. The zero-order valence-corrected chi connectivity index (χ0v) is 9.10. The van der Waals surface area contributed by atoms with Gasteiger partial charge in [-0.1, -0.05) is 44.2 Å². The molecule has 0 fully saturated rings. The molecule has 0 aliphatic rings. The van der Waals surface area contributed by atoms with Crippen LogP contribution in [0.3, 0.4) is 0 Å². The Labute approximate surface area is 90.1 Å². The molecule has 1 atom stereocenters. The molecule has 0 saturated carbocycles. The fourth-order valence-electron chi connectivity index (χ4n) is 1.19. The van der Waals surface area contributed by atoms with Crippen molar-refractivity contribution >= 4 is 5.91 Å². The SMILES string of the molecule is CC(C)CNC(=O)[C@H](O)c1ccccc1. The zero-order chi connectivity index (χ0) is 11.3. The van der Waals surface area contributed by atoms with Crippen LogP contribution in [0, 0.1) is 5.92 Å². The van der Waals surface area contributed by atoms with Crippen molar-refractivity contribution in [1.82, 2.24) is 5.32 Å². The molecule has 0 aliphatic heterocycles. The summed E-state index contributed by atoms with van der Waals surface area (Å²) in [5.41, 5.74) is 0.624. The number of nitrogens with one attached hydrogen (secondary N) is 1. The van der Waals surface area contributed by atoms with Crippen LogP contribution in [-0.2, 0) is 4.79 Å². The first-order valence-electron chi connectivity index (χ1n) is 5.12. The largest absolute Gasteiger partial charge is 0.378 e. The summed E-state index contributed by atoms with van der Waals surface area (Å²) in [4.78, 5) is 11.5. The second kappa shape index (κ2) is 5.51. The van der Waals surface area contributed by atoms with Crippen LogP contribution in [0.5, 0.6) is 0 Å². The molecule has 0 unspecified atom stereocenters. The van der Waals surface area contributed by atoms with Gasteiger partial charge in [-0.2, -0.15) is 0 Å². The minimum Gasteiger partial charge on any atom is -0.378 e. The number of hydrogen-bond acceptors (Lipinski definition) is 2. The van der Waals surface area contributed by atoms with E-state index in [1.165, 1.54) is 0 Å². The van der Waals surface area contributed by atoms with Crippen LogP contribution in [-0.4, -0.2) is 17.6 Å². The zero-order valence-electron chi connectivity index (χ0n) is 9.10. The first-order chi connectivity index (χ1) is 7.11. The molecule has 0 heterocycles. The smallest absolute Gasteiger partial charge is 0.253 e. The third kappa shape index (κ3) is 3.72. The van der Waals surface area contributed by atoms with Crippen molar-refractivity contribution < 1.29 is 9.90 Å². The Morgan fingerprint density at radius 1 is 1.33 bits per heavy atom. The molecule has 1 aromatic carbocycles. The van der Waals surface area contributed by atoms with Gasteiger partial charge in [0.1, 0.15) is 0 Å². The average molecular weight is 207 g/mol. The van der Waals surface area contributed by atoms with Gasteiger partial charge >= 0.3 is 0 Å². The predicted molar refractivity (Wildman–Crippen MR) is 59.2 cm³/mol. The number of aliphatic hydroxyl groups excluding tert-OH is 1. The van der Waals surface area contributed by atoms with E-state index in [4.69, 9.17) is 0 Å². The lowest BCUT2D eigenvalue weighted by Crippen LogP contribution is -2.32. The van der Waals surface area contributed by atoms with E-state index < -0.39 is 6.10 Å². The number of aliphatic hydroxyl groups is 1. The fourth-order valence-corrected chi connectivity index (χ4v) is 1.19. The quantitative estimate of drug-likeness (QED) is 0.786. The monoisotopic (exact) mass is 207 g/mol. The van der Waals surface area contributed by atoms with E-state index in [0.717, 1.165) is 0 Å². The molecule has 0 aromatic heterocycles. The maximum absolute atomic E-state index is 11.5. The van der Waals surface area contributed by atoms with Crippen LogP contribution in [0.4, 0.5) is 0 Å². The van der Waals surface area contributed by atoms with E-state index in [9.17, 15) is 9.90 Å². The summed E-state index contributed by atoms with van der Waals surface area (Å²) >= 11 is 0. The van der Waals surface area contributed by atoms with Crippen molar-refractivity contribution in [1.29, 1.82) is 0 Å². The highest BCUT2D eigenvalue weighted by atomic mass is 16.3. The molecule has 1 rings (SSSR count). The highest BCUT2D eigenvalue weighted by molar-refractivity contribution is 5.81. The highest BCUT2D eigenvalue weighted by Crippen LogP contribution is 2.11. The van der Waals surface area contributed by atoms with Crippen molar-refractivity contribution in [2.45, 2.75) is 20.0 Å². The highest BCUT2D eigenvalue weighted by Gasteiger charge is 2.16. The molecule has 1 amide bonds. The number of carbonyl (C=O) groups excluding carboxylic acids is 1. The Bertz CT molecular complexity index is 309. The van der Waals surface area contributed by atoms with Crippen molar-refractivity contribution in [3.05, 3.63) is 35.9 Å². The van der Waals surface area contributed by atoms with E-state index in [-0.39, 0.29) is 5.91 Å². The summed E-state index contributed by atoms with van der Waals surface area (Å²) in [6.45, 7) is 4.60. The van der Waals surface area contributed by atoms with Crippen LogP contribution in [0.25, 0.3) is 0 Å². The van der Waals surface area contributed by atoms with Gasteiger partial charge in [0.25, 0.3) is 5.91 Å². The van der Waals surface area contributed by atoms with Gasteiger partial charge < -0.3 is 10.4 Å². The van der Waals surface area contributed by atoms with Crippen molar-refractivity contribution in [3.63, 3.8) is 0 Å². The van der Waals surface area contributed by atoms with Gasteiger partial charge in [0.2, 0.25) is 0 Å². The predicted octanol–water partition coefficient (Wildman–Crippen LogP) is 1.49. The number of carbonyl (C=O) groups is 1. The van der Waals surface area contributed by atoms with Crippen molar-refractivity contribution in [3.8, 4) is 0 Å². The second-order valence-corrected chi connectivity index (χ2v) is 3.95. The van der Waals surface area contributed by atoms with E-state index in [2.05, 4.69) is 5.32 Å². The minimum absolute atomic E-state index is 0.338. The normalized spacial score (nSPS) is 12.5. The maximum atomic E-state index is 11.5. The summed E-state index contributed by atoms with van der Waals surface area (Å²) in [6, 6.07) is 8.92. The topological polar surface area (TPSA) is 49.3 Å². The Hall–Kier alpha value is -1.35. The Morgan fingerprint density at radius 2 is 1.93 bits per heavy atom. The number of hydrogen-bond donors (Lipinski definition) is 2. The molecule has 82 valence electrons. The van der Waals surface area contributed by atoms with E-state index in [0.29, 0.717) is 18.0 Å². The van der Waals surface area contributed by atoms with Crippen LogP contribution in [0.2, 0.25) is 0 Å². The molecule has 0 bridgehead atoms. The summed E-state index contributed by atoms with van der Waals surface area (Å²) < 4.78 is 0. The molecular formula is C12H17NO2. The van der Waals surface area contributed by atoms with Crippen LogP contribution in [0.1, 0.15) is 25.5 Å². The van der Waals surface area contributed by atoms with Gasteiger partial charge in [0, 0.05) is 6.54 Å². The Kier molecular flexibility index (Phi) is 4.31. The van der Waals surface area contributed by atoms with Crippen LogP contribution >= 0.6 is 0 Å². The Balaban J connectivity index is 2.54. The first-order valence-corrected chi connectivity index (χ1v) is 5.12. The van der Waals surface area contributed by atoms with Gasteiger partial charge in [-0.3, -0.25) is 4.79 Å². The lowest BCUT2D eigenvalue weighted by Gasteiger charge is -2.12. The van der Waals surface area contributed by atoms with Gasteiger partial charge in [-0.25, -0.2) is 0 Å². The third-order valence-electron chi connectivity index (χ3n) is 2.05. The van der Waals surface area contributed by atoms with Gasteiger partial charge in [-0.15, -0.1) is 0 Å². The Morgan fingerprint density at radius 3 is 2.47 bits per heavy atom. The second-order valence-electron chi connectivity index (χ2n) is 3.95. The summed E-state index contributed by atoms with van der Waals surface area (Å²) in [6.07, 6.45) is -1.06. The number of rotatable bonds is 4. The summed E-state index contributed by atoms with van der Waals surface area (Å²) in [5.74, 6) is 0.0480. The van der Waals surface area contributed by atoms with Crippen LogP contribution in [0.15, 0.2) is 30.3 Å². The molecule has 15 heavy (non-hydrogen) atoms. The fraction of sp³-hybridized carbons (Fsp3) is 0.417. The van der Waals surface area contributed by atoms with E-state index in [1.807, 2.05) is 19.9 Å². The molecular weight excluding hydrogens is 190 g/mol. The molecule has 2 N–H and O–H groups in total. The molecule has 0 aliphatic carbocycles. The molecule has 0 saturated heterocycles. The maximum Gasteiger partial charge on any atom is 0.253 e. The molecule has 1 aromatic rings. The van der Waals surface area contributed by atoms with E-state index in [1.54, 1.807) is 24.3 Å². The average Bonchev–Trinajstić information content (AvgIpc) is 2.26. The standard InChI is InChI=1S/C12H17NO2/c1-9(2)8-13-12(15)11(14)10-6-4-3-5-7-10/h3-7,9,11,14H,8H2,1-2H3,(H,13,15)/t11-/m1/s1. The summed E-state index contributed by atoms with van der Waals surface area (Å²) in [5, 5.41) is 12.4. The molecule has 0 radical (unpaired) electrons. The lowest BCUT2D eigenvalue weighted by atomic mass is 10.1. The van der Waals surface area contributed by atoms with Gasteiger partial charge in [0.15, 0.2) is 6.10 Å². The molecule has 3 nitrogen and oxygen atoms in total. The molecule has 0 spiro atoms. The molecule has 3 heteroatoms.